The first-order valence-electron chi connectivity index (χ1n) is 5.85. The Hall–Kier alpha value is -1.40. The van der Waals surface area contributed by atoms with Gasteiger partial charge in [0.1, 0.15) is 0 Å². The lowest BCUT2D eigenvalue weighted by atomic mass is 10.3. The summed E-state index contributed by atoms with van der Waals surface area (Å²) in [5, 5.41) is 13.8. The smallest absolute Gasteiger partial charge is 0.261 e. The molecule has 0 saturated heterocycles. The Morgan fingerprint density at radius 2 is 2.06 bits per heavy atom. The van der Waals surface area contributed by atoms with Gasteiger partial charge in [-0.2, -0.15) is 0 Å². The van der Waals surface area contributed by atoms with Crippen molar-refractivity contribution in [2.45, 2.75) is 19.8 Å². The van der Waals surface area contributed by atoms with Gasteiger partial charge in [-0.05, 0) is 31.9 Å². The highest BCUT2D eigenvalue weighted by Crippen LogP contribution is 2.14. The number of aliphatic hydroxyl groups is 1. The van der Waals surface area contributed by atoms with Crippen molar-refractivity contribution in [2.24, 2.45) is 0 Å². The predicted molar refractivity (Wildman–Crippen MR) is 70.7 cm³/mol. The van der Waals surface area contributed by atoms with E-state index < -0.39 is 0 Å². The molecule has 5 nitrogen and oxygen atoms in total. The van der Waals surface area contributed by atoms with E-state index in [1.54, 1.807) is 6.07 Å². The van der Waals surface area contributed by atoms with Crippen LogP contribution in [0, 0.1) is 6.92 Å². The SMILES string of the molecule is Cc1ccc(C(=O)NCC(=O)NCCCCO)s1. The van der Waals surface area contributed by atoms with Crippen LogP contribution in [-0.2, 0) is 4.79 Å². The number of rotatable bonds is 7. The molecule has 0 aliphatic heterocycles. The molecule has 1 aromatic rings. The van der Waals surface area contributed by atoms with Gasteiger partial charge in [0.15, 0.2) is 0 Å². The van der Waals surface area contributed by atoms with E-state index in [9.17, 15) is 9.59 Å². The van der Waals surface area contributed by atoms with Crippen molar-refractivity contribution < 1.29 is 14.7 Å². The molecule has 0 saturated carbocycles. The fourth-order valence-electron chi connectivity index (χ4n) is 1.33. The van der Waals surface area contributed by atoms with Crippen molar-refractivity contribution in [1.82, 2.24) is 10.6 Å². The van der Waals surface area contributed by atoms with E-state index in [1.165, 1.54) is 11.3 Å². The molecular weight excluding hydrogens is 252 g/mol. The van der Waals surface area contributed by atoms with Gasteiger partial charge in [0.2, 0.25) is 5.91 Å². The highest BCUT2D eigenvalue weighted by atomic mass is 32.1. The molecule has 0 fully saturated rings. The maximum atomic E-state index is 11.6. The highest BCUT2D eigenvalue weighted by Gasteiger charge is 2.09. The molecule has 0 unspecified atom stereocenters. The molecule has 6 heteroatoms. The number of hydrogen-bond donors (Lipinski definition) is 3. The summed E-state index contributed by atoms with van der Waals surface area (Å²) in [4.78, 5) is 24.7. The van der Waals surface area contributed by atoms with E-state index in [4.69, 9.17) is 5.11 Å². The standard InChI is InChI=1S/C12H18N2O3S/c1-9-4-5-10(18-9)12(17)14-8-11(16)13-6-2-3-7-15/h4-5,15H,2-3,6-8H2,1H3,(H,13,16)(H,14,17). The van der Waals surface area contributed by atoms with Crippen LogP contribution in [0.2, 0.25) is 0 Å². The van der Waals surface area contributed by atoms with E-state index in [2.05, 4.69) is 10.6 Å². The van der Waals surface area contributed by atoms with Crippen molar-refractivity contribution in [2.75, 3.05) is 19.7 Å². The number of amides is 2. The van der Waals surface area contributed by atoms with Crippen molar-refractivity contribution in [3.05, 3.63) is 21.9 Å². The molecule has 1 rings (SSSR count). The fraction of sp³-hybridized carbons (Fsp3) is 0.500. The van der Waals surface area contributed by atoms with Crippen LogP contribution in [0.5, 0.6) is 0 Å². The second kappa shape index (κ2) is 7.84. The lowest BCUT2D eigenvalue weighted by Gasteiger charge is -2.05. The Bertz CT molecular complexity index is 404. The Morgan fingerprint density at radius 1 is 1.28 bits per heavy atom. The lowest BCUT2D eigenvalue weighted by Crippen LogP contribution is -2.37. The minimum absolute atomic E-state index is 0.0189. The molecular formula is C12H18N2O3S. The Labute approximate surface area is 110 Å². The first kappa shape index (κ1) is 14.7. The topological polar surface area (TPSA) is 78.4 Å². The predicted octanol–water partition coefficient (Wildman–Crippen LogP) is 0.675. The van der Waals surface area contributed by atoms with Crippen LogP contribution >= 0.6 is 11.3 Å². The first-order chi connectivity index (χ1) is 8.63. The first-order valence-corrected chi connectivity index (χ1v) is 6.67. The third-order valence-corrected chi connectivity index (χ3v) is 3.28. The molecule has 0 atom stereocenters. The third kappa shape index (κ3) is 5.29. The average Bonchev–Trinajstić information content (AvgIpc) is 2.78. The summed E-state index contributed by atoms with van der Waals surface area (Å²) in [5.41, 5.74) is 0. The van der Waals surface area contributed by atoms with Crippen LogP contribution in [-0.4, -0.2) is 36.6 Å². The van der Waals surface area contributed by atoms with Gasteiger partial charge in [0.25, 0.3) is 5.91 Å². The number of thiophene rings is 1. The van der Waals surface area contributed by atoms with Gasteiger partial charge in [-0.15, -0.1) is 11.3 Å². The normalized spacial score (nSPS) is 10.1. The zero-order chi connectivity index (χ0) is 13.4. The number of carbonyl (C=O) groups excluding carboxylic acids is 2. The summed E-state index contributed by atoms with van der Waals surface area (Å²) in [5.74, 6) is -0.437. The zero-order valence-electron chi connectivity index (χ0n) is 10.4. The van der Waals surface area contributed by atoms with E-state index in [-0.39, 0.29) is 25.0 Å². The van der Waals surface area contributed by atoms with E-state index in [0.717, 1.165) is 11.3 Å². The van der Waals surface area contributed by atoms with Gasteiger partial charge >= 0.3 is 0 Å². The highest BCUT2D eigenvalue weighted by molar-refractivity contribution is 7.13. The molecule has 0 aromatic carbocycles. The second-order valence-electron chi connectivity index (χ2n) is 3.87. The quantitative estimate of drug-likeness (QED) is 0.637. The zero-order valence-corrected chi connectivity index (χ0v) is 11.2. The van der Waals surface area contributed by atoms with Crippen LogP contribution in [0.15, 0.2) is 12.1 Å². The number of nitrogens with one attached hydrogen (secondary N) is 2. The Balaban J connectivity index is 2.20. The molecule has 2 amide bonds. The molecule has 0 radical (unpaired) electrons. The van der Waals surface area contributed by atoms with Crippen molar-refractivity contribution in [3.8, 4) is 0 Å². The van der Waals surface area contributed by atoms with Gasteiger partial charge < -0.3 is 15.7 Å². The van der Waals surface area contributed by atoms with Crippen molar-refractivity contribution in [3.63, 3.8) is 0 Å². The van der Waals surface area contributed by atoms with Gasteiger partial charge in [-0.1, -0.05) is 0 Å². The monoisotopic (exact) mass is 270 g/mol. The summed E-state index contributed by atoms with van der Waals surface area (Å²) in [7, 11) is 0. The summed E-state index contributed by atoms with van der Waals surface area (Å²) in [6.07, 6.45) is 1.40. The molecule has 1 aromatic heterocycles. The van der Waals surface area contributed by atoms with Gasteiger partial charge in [-0.25, -0.2) is 0 Å². The minimum Gasteiger partial charge on any atom is -0.396 e. The van der Waals surface area contributed by atoms with Gasteiger partial charge in [-0.3, -0.25) is 9.59 Å². The largest absolute Gasteiger partial charge is 0.396 e. The number of carbonyl (C=O) groups is 2. The van der Waals surface area contributed by atoms with Crippen LogP contribution in [0.3, 0.4) is 0 Å². The maximum absolute atomic E-state index is 11.6. The summed E-state index contributed by atoms with van der Waals surface area (Å²) in [6.45, 7) is 2.56. The minimum atomic E-state index is -0.224. The van der Waals surface area contributed by atoms with E-state index in [0.29, 0.717) is 17.8 Å². The molecule has 0 aliphatic carbocycles. The van der Waals surface area contributed by atoms with Crippen LogP contribution in [0.4, 0.5) is 0 Å². The molecule has 0 aliphatic rings. The molecule has 18 heavy (non-hydrogen) atoms. The van der Waals surface area contributed by atoms with Crippen LogP contribution < -0.4 is 10.6 Å². The second-order valence-corrected chi connectivity index (χ2v) is 5.16. The third-order valence-electron chi connectivity index (χ3n) is 2.28. The van der Waals surface area contributed by atoms with Crippen molar-refractivity contribution >= 4 is 23.2 Å². The van der Waals surface area contributed by atoms with E-state index >= 15 is 0 Å². The fourth-order valence-corrected chi connectivity index (χ4v) is 2.12. The number of aliphatic hydroxyl groups excluding tert-OH is 1. The van der Waals surface area contributed by atoms with Gasteiger partial charge in [0, 0.05) is 18.0 Å². The molecule has 3 N–H and O–H groups in total. The Morgan fingerprint density at radius 3 is 2.67 bits per heavy atom. The Kier molecular flexibility index (Phi) is 6.38. The molecule has 1 heterocycles. The molecule has 100 valence electrons. The summed E-state index contributed by atoms with van der Waals surface area (Å²) in [6, 6.07) is 3.61. The maximum Gasteiger partial charge on any atom is 0.261 e. The number of hydrogen-bond acceptors (Lipinski definition) is 4. The summed E-state index contributed by atoms with van der Waals surface area (Å²) >= 11 is 1.40. The van der Waals surface area contributed by atoms with E-state index in [1.807, 2.05) is 13.0 Å². The number of unbranched alkanes of at least 4 members (excludes halogenated alkanes) is 1. The summed E-state index contributed by atoms with van der Waals surface area (Å²) < 4.78 is 0. The lowest BCUT2D eigenvalue weighted by molar-refractivity contribution is -0.120. The van der Waals surface area contributed by atoms with Gasteiger partial charge in [0.05, 0.1) is 11.4 Å². The van der Waals surface area contributed by atoms with Crippen LogP contribution in [0.1, 0.15) is 27.4 Å². The molecule has 0 bridgehead atoms. The molecule has 0 spiro atoms. The average molecular weight is 270 g/mol. The van der Waals surface area contributed by atoms with Crippen LogP contribution in [0.25, 0.3) is 0 Å². The van der Waals surface area contributed by atoms with Crippen molar-refractivity contribution in [1.29, 1.82) is 0 Å². The number of aryl methyl sites for hydroxylation is 1.